The summed E-state index contributed by atoms with van der Waals surface area (Å²) in [4.78, 5) is 24.7. The predicted octanol–water partition coefficient (Wildman–Crippen LogP) is 2.34. The molecular weight excluding hydrogens is 305 g/mol. The van der Waals surface area contributed by atoms with Crippen LogP contribution in [0.25, 0.3) is 0 Å². The monoisotopic (exact) mass is 333 g/mol. The van der Waals surface area contributed by atoms with Gasteiger partial charge in [-0.3, -0.25) is 9.59 Å². The topological polar surface area (TPSA) is 52.6 Å². The molecule has 4 aliphatic carbocycles. The lowest BCUT2D eigenvalue weighted by molar-refractivity contribution is -0.852. The maximum Gasteiger partial charge on any atom is 0.587 e. The smallest absolute Gasteiger partial charge is 0.587 e. The molecule has 2 aliphatic heterocycles. The fourth-order valence-electron chi connectivity index (χ4n) is 7.27. The zero-order valence-corrected chi connectivity index (χ0v) is 15.2. The van der Waals surface area contributed by atoms with E-state index in [9.17, 15) is 9.59 Å². The van der Waals surface area contributed by atoms with Gasteiger partial charge in [0.1, 0.15) is 13.1 Å². The average molecular weight is 333 g/mol. The van der Waals surface area contributed by atoms with E-state index in [-0.39, 0.29) is 17.8 Å². The molecule has 6 atom stereocenters. The molecule has 0 aromatic rings. The molecule has 2 bridgehead atoms. The van der Waals surface area contributed by atoms with Crippen LogP contribution in [0.2, 0.25) is 5.82 Å². The predicted molar refractivity (Wildman–Crippen MR) is 88.4 cm³/mol. The summed E-state index contributed by atoms with van der Waals surface area (Å²) in [7, 11) is 0. The van der Waals surface area contributed by atoms with Crippen molar-refractivity contribution in [1.29, 1.82) is 0 Å². The Morgan fingerprint density at radius 1 is 1.04 bits per heavy atom. The first-order valence-electron chi connectivity index (χ1n) is 9.66. The standard InChI is InChI=1S/C18H28BNO4/c1-10-5-14(10)19-20(8-16(21)23-19,9-17(22)24-19)15-7-12-6-13(11(15)2)18(12,3)4/h10-15H,5-9H2,1-4H3/t10-,11-,12+,13-,14-,15-,19?,20?/m1/s1. The average Bonchev–Trinajstić information content (AvgIpc) is 3.06. The van der Waals surface area contributed by atoms with Crippen molar-refractivity contribution in [3.63, 3.8) is 0 Å². The molecule has 0 N–H and O–H groups in total. The summed E-state index contributed by atoms with van der Waals surface area (Å²) >= 11 is 0. The highest BCUT2D eigenvalue weighted by Crippen LogP contribution is 2.66. The second-order valence-electron chi connectivity index (χ2n) is 10.0. The SMILES string of the molecule is C[C@@H]1[C@H]2C[C@@H](C[C@H]1[N+]13CC(=O)O[B-]1([C@@H]1C[C@H]1C)OC(=O)C3)C2(C)C. The number of carbonyl (C=O) groups is 2. The van der Waals surface area contributed by atoms with Crippen LogP contribution in [0.5, 0.6) is 0 Å². The molecule has 5 nitrogen and oxygen atoms in total. The number of nitrogens with zero attached hydrogens (tertiary/aromatic N) is 1. The summed E-state index contributed by atoms with van der Waals surface area (Å²) < 4.78 is 12.3. The Morgan fingerprint density at radius 2 is 1.62 bits per heavy atom. The molecule has 24 heavy (non-hydrogen) atoms. The zero-order valence-electron chi connectivity index (χ0n) is 15.2. The van der Waals surface area contributed by atoms with Gasteiger partial charge in [0.15, 0.2) is 0 Å². The Labute approximate surface area is 143 Å². The van der Waals surface area contributed by atoms with Gasteiger partial charge in [0, 0.05) is 5.92 Å². The molecule has 0 spiro atoms. The van der Waals surface area contributed by atoms with Gasteiger partial charge in [-0.05, 0) is 35.9 Å². The van der Waals surface area contributed by atoms with Crippen LogP contribution in [-0.4, -0.2) is 42.2 Å². The van der Waals surface area contributed by atoms with E-state index in [1.54, 1.807) is 0 Å². The van der Waals surface area contributed by atoms with Crippen LogP contribution >= 0.6 is 0 Å². The quantitative estimate of drug-likeness (QED) is 0.728. The molecule has 0 radical (unpaired) electrons. The lowest BCUT2D eigenvalue weighted by Crippen LogP contribution is -2.73. The van der Waals surface area contributed by atoms with Crippen molar-refractivity contribution in [2.24, 2.45) is 29.1 Å². The Balaban J connectivity index is 1.58. The maximum absolute atomic E-state index is 12.4. The minimum atomic E-state index is -1.84. The summed E-state index contributed by atoms with van der Waals surface area (Å²) in [5.41, 5.74) is 0.395. The summed E-state index contributed by atoms with van der Waals surface area (Å²) in [5, 5.41) is 0. The van der Waals surface area contributed by atoms with Gasteiger partial charge in [-0.25, -0.2) is 0 Å². The summed E-state index contributed by atoms with van der Waals surface area (Å²) in [6.07, 6.45) is 3.41. The van der Waals surface area contributed by atoms with Crippen LogP contribution in [0.4, 0.5) is 0 Å². The number of fused-ring (bicyclic) bond motifs is 4. The number of quaternary nitrogens is 1. The Hall–Kier alpha value is -1.04. The normalized spacial score (nSPS) is 57.0. The van der Waals surface area contributed by atoms with Crippen molar-refractivity contribution in [3.8, 4) is 0 Å². The van der Waals surface area contributed by atoms with Gasteiger partial charge in [0.25, 0.3) is 0 Å². The van der Waals surface area contributed by atoms with E-state index in [2.05, 4.69) is 27.7 Å². The molecule has 0 aromatic heterocycles. The lowest BCUT2D eigenvalue weighted by atomic mass is 9.43. The van der Waals surface area contributed by atoms with Crippen molar-refractivity contribution in [2.45, 2.75) is 58.8 Å². The highest BCUT2D eigenvalue weighted by molar-refractivity contribution is 6.68. The summed E-state index contributed by atoms with van der Waals surface area (Å²) in [5.74, 6) is 2.30. The van der Waals surface area contributed by atoms with Gasteiger partial charge in [0.05, 0.1) is 6.04 Å². The van der Waals surface area contributed by atoms with E-state index in [1.807, 2.05) is 0 Å². The minimum absolute atomic E-state index is 0.160. The van der Waals surface area contributed by atoms with Gasteiger partial charge >= 0.3 is 18.6 Å². The second kappa shape index (κ2) is 4.20. The first kappa shape index (κ1) is 15.2. The first-order valence-corrected chi connectivity index (χ1v) is 9.66. The van der Waals surface area contributed by atoms with E-state index in [0.29, 0.717) is 52.6 Å². The first-order chi connectivity index (χ1) is 11.2. The summed E-state index contributed by atoms with van der Waals surface area (Å²) in [6, 6.07) is 0.326. The van der Waals surface area contributed by atoms with Crippen molar-refractivity contribution >= 4 is 18.6 Å². The fraction of sp³-hybridized carbons (Fsp3) is 0.889. The van der Waals surface area contributed by atoms with E-state index in [1.165, 1.54) is 6.42 Å². The minimum Gasteiger partial charge on any atom is -0.600 e. The van der Waals surface area contributed by atoms with Gasteiger partial charge in [-0.15, -0.1) is 0 Å². The van der Waals surface area contributed by atoms with E-state index in [4.69, 9.17) is 9.31 Å². The van der Waals surface area contributed by atoms with E-state index in [0.717, 1.165) is 12.8 Å². The molecule has 6 aliphatic rings. The Kier molecular flexibility index (Phi) is 2.66. The van der Waals surface area contributed by atoms with Crippen molar-refractivity contribution < 1.29 is 23.3 Å². The van der Waals surface area contributed by atoms with Crippen molar-refractivity contribution in [1.82, 2.24) is 0 Å². The number of hydrogen-bond acceptors (Lipinski definition) is 4. The highest BCUT2D eigenvalue weighted by Gasteiger charge is 2.78. The van der Waals surface area contributed by atoms with Gasteiger partial charge in [-0.2, -0.15) is 0 Å². The van der Waals surface area contributed by atoms with Crippen LogP contribution in [0.3, 0.4) is 0 Å². The molecule has 6 rings (SSSR count). The maximum atomic E-state index is 12.4. The number of carbonyl (C=O) groups excluding carboxylic acids is 2. The van der Waals surface area contributed by atoms with E-state index >= 15 is 0 Å². The third-order valence-corrected chi connectivity index (χ3v) is 8.85. The van der Waals surface area contributed by atoms with Crippen LogP contribution in [0, 0.1) is 29.1 Å². The van der Waals surface area contributed by atoms with Crippen molar-refractivity contribution in [2.75, 3.05) is 13.1 Å². The highest BCUT2D eigenvalue weighted by atomic mass is 16.7. The Bertz CT molecular complexity index is 627. The summed E-state index contributed by atoms with van der Waals surface area (Å²) in [6.45, 7) is 8.12. The molecule has 0 amide bonds. The molecule has 4 saturated carbocycles. The molecule has 0 unspecified atom stereocenters. The van der Waals surface area contributed by atoms with Crippen LogP contribution < -0.4 is 0 Å². The number of rotatable bonds is 2. The van der Waals surface area contributed by atoms with E-state index < -0.39 is 6.69 Å². The zero-order chi connectivity index (χ0) is 17.1. The lowest BCUT2D eigenvalue weighted by Gasteiger charge is -2.66. The third kappa shape index (κ3) is 1.53. The van der Waals surface area contributed by atoms with Gasteiger partial charge in [-0.1, -0.05) is 40.0 Å². The molecule has 2 heterocycles. The fourth-order valence-corrected chi connectivity index (χ4v) is 7.27. The van der Waals surface area contributed by atoms with Crippen LogP contribution in [0.1, 0.15) is 47.0 Å². The molecule has 0 aromatic carbocycles. The van der Waals surface area contributed by atoms with Crippen LogP contribution in [-0.2, 0) is 18.9 Å². The molecule has 132 valence electrons. The number of hydrogen-bond donors (Lipinski definition) is 0. The van der Waals surface area contributed by atoms with Crippen LogP contribution in [0.15, 0.2) is 0 Å². The Morgan fingerprint density at radius 3 is 2.08 bits per heavy atom. The molecule has 6 heteroatoms. The third-order valence-electron chi connectivity index (χ3n) is 8.85. The van der Waals surface area contributed by atoms with Crippen molar-refractivity contribution in [3.05, 3.63) is 0 Å². The van der Waals surface area contributed by atoms with Gasteiger partial charge in [0.2, 0.25) is 0 Å². The largest absolute Gasteiger partial charge is 0.600 e. The molecule has 6 fully saturated rings. The molecule has 2 saturated heterocycles. The van der Waals surface area contributed by atoms with Gasteiger partial charge < -0.3 is 13.7 Å². The molecular formula is C18H28BNO4. The second-order valence-corrected chi connectivity index (χ2v) is 10.0.